The molecule has 0 bridgehead atoms. The van der Waals surface area contributed by atoms with Crippen molar-refractivity contribution in [1.29, 1.82) is 0 Å². The van der Waals surface area contributed by atoms with Crippen LogP contribution in [0, 0.1) is 0 Å². The van der Waals surface area contributed by atoms with Gasteiger partial charge in [-0.3, -0.25) is 4.79 Å². The fourth-order valence-electron chi connectivity index (χ4n) is 1.18. The molecule has 16 heavy (non-hydrogen) atoms. The molecule has 0 aromatic carbocycles. The molecule has 0 saturated carbocycles. The standard InChI is InChI=1S/C9H7BrClF2NO2/c10-3-4-1-6(9(12)13)14-8(11)5(4)2-7(15)16/h1,9H,2-3H2,(H,15,16). The van der Waals surface area contributed by atoms with Crippen LogP contribution >= 0.6 is 27.5 Å². The van der Waals surface area contributed by atoms with E-state index in [0.29, 0.717) is 5.56 Å². The smallest absolute Gasteiger partial charge is 0.307 e. The molecule has 0 atom stereocenters. The second kappa shape index (κ2) is 5.54. The zero-order valence-corrected chi connectivity index (χ0v) is 10.2. The molecule has 0 fully saturated rings. The number of hydrogen-bond donors (Lipinski definition) is 1. The Labute approximate surface area is 104 Å². The number of aromatic nitrogens is 1. The van der Waals surface area contributed by atoms with Crippen LogP contribution in [0.3, 0.4) is 0 Å². The van der Waals surface area contributed by atoms with Gasteiger partial charge in [0.25, 0.3) is 6.43 Å². The lowest BCUT2D eigenvalue weighted by atomic mass is 10.1. The number of alkyl halides is 3. The highest BCUT2D eigenvalue weighted by molar-refractivity contribution is 9.08. The van der Waals surface area contributed by atoms with Crippen LogP contribution in [0.4, 0.5) is 8.78 Å². The predicted octanol–water partition coefficient (Wildman–Crippen LogP) is 3.19. The molecule has 0 spiro atoms. The summed E-state index contributed by atoms with van der Waals surface area (Å²) in [6.45, 7) is 0. The molecule has 1 heterocycles. The predicted molar refractivity (Wildman–Crippen MR) is 58.2 cm³/mol. The third-order valence-electron chi connectivity index (χ3n) is 1.88. The van der Waals surface area contributed by atoms with Crippen molar-refractivity contribution in [2.75, 3.05) is 0 Å². The molecule has 0 radical (unpaired) electrons. The summed E-state index contributed by atoms with van der Waals surface area (Å²) in [7, 11) is 0. The molecule has 1 rings (SSSR count). The minimum atomic E-state index is -2.73. The van der Waals surface area contributed by atoms with Gasteiger partial charge in [0.15, 0.2) is 0 Å². The molecule has 0 amide bonds. The molecular formula is C9H7BrClF2NO2. The van der Waals surface area contributed by atoms with Crippen LogP contribution < -0.4 is 0 Å². The van der Waals surface area contributed by atoms with Gasteiger partial charge in [-0.15, -0.1) is 0 Å². The summed E-state index contributed by atoms with van der Waals surface area (Å²) in [5.74, 6) is -1.09. The highest BCUT2D eigenvalue weighted by Gasteiger charge is 2.17. The quantitative estimate of drug-likeness (QED) is 0.686. The van der Waals surface area contributed by atoms with E-state index in [9.17, 15) is 13.6 Å². The van der Waals surface area contributed by atoms with Gasteiger partial charge in [0.05, 0.1) is 6.42 Å². The van der Waals surface area contributed by atoms with Crippen LogP contribution in [-0.2, 0) is 16.5 Å². The summed E-state index contributed by atoms with van der Waals surface area (Å²) in [4.78, 5) is 14.0. The summed E-state index contributed by atoms with van der Waals surface area (Å²) in [5.41, 5.74) is 0.224. The van der Waals surface area contributed by atoms with Crippen molar-refractivity contribution in [3.05, 3.63) is 28.0 Å². The third kappa shape index (κ3) is 3.12. The maximum atomic E-state index is 12.4. The van der Waals surface area contributed by atoms with Gasteiger partial charge in [-0.1, -0.05) is 27.5 Å². The minimum absolute atomic E-state index is 0.186. The van der Waals surface area contributed by atoms with E-state index < -0.39 is 18.1 Å². The van der Waals surface area contributed by atoms with E-state index in [0.717, 1.165) is 6.07 Å². The van der Waals surface area contributed by atoms with Gasteiger partial charge in [0.1, 0.15) is 10.8 Å². The minimum Gasteiger partial charge on any atom is -0.481 e. The summed E-state index contributed by atoms with van der Waals surface area (Å²) in [6, 6.07) is 1.16. The average molecular weight is 315 g/mol. The lowest BCUT2D eigenvalue weighted by Gasteiger charge is -2.09. The fourth-order valence-corrected chi connectivity index (χ4v) is 1.97. The number of nitrogens with zero attached hydrogens (tertiary/aromatic N) is 1. The van der Waals surface area contributed by atoms with Gasteiger partial charge in [0.2, 0.25) is 0 Å². The van der Waals surface area contributed by atoms with Crippen LogP contribution in [0.15, 0.2) is 6.07 Å². The van der Waals surface area contributed by atoms with E-state index in [2.05, 4.69) is 20.9 Å². The number of carboxylic acid groups (broad SMARTS) is 1. The van der Waals surface area contributed by atoms with E-state index in [-0.39, 0.29) is 22.5 Å². The topological polar surface area (TPSA) is 50.2 Å². The highest BCUT2D eigenvalue weighted by atomic mass is 79.9. The number of aliphatic carboxylic acids is 1. The van der Waals surface area contributed by atoms with Gasteiger partial charge in [-0.2, -0.15) is 0 Å². The number of pyridine rings is 1. The molecule has 0 aliphatic carbocycles. The Morgan fingerprint density at radius 1 is 1.62 bits per heavy atom. The molecule has 1 N–H and O–H groups in total. The Kier molecular flexibility index (Phi) is 4.61. The van der Waals surface area contributed by atoms with E-state index in [1.807, 2.05) is 0 Å². The van der Waals surface area contributed by atoms with Gasteiger partial charge in [-0.25, -0.2) is 13.8 Å². The van der Waals surface area contributed by atoms with E-state index >= 15 is 0 Å². The van der Waals surface area contributed by atoms with Crippen molar-refractivity contribution < 1.29 is 18.7 Å². The van der Waals surface area contributed by atoms with Crippen molar-refractivity contribution >= 4 is 33.5 Å². The van der Waals surface area contributed by atoms with E-state index in [1.54, 1.807) is 0 Å². The highest BCUT2D eigenvalue weighted by Crippen LogP contribution is 2.26. The number of rotatable bonds is 4. The first kappa shape index (κ1) is 13.3. The molecule has 3 nitrogen and oxygen atoms in total. The van der Waals surface area contributed by atoms with Crippen molar-refractivity contribution in [2.45, 2.75) is 18.2 Å². The summed E-state index contributed by atoms with van der Waals surface area (Å²) in [6.07, 6.45) is -3.06. The zero-order valence-electron chi connectivity index (χ0n) is 7.88. The molecule has 88 valence electrons. The first-order chi connectivity index (χ1) is 7.45. The number of halogens is 4. The van der Waals surface area contributed by atoms with Gasteiger partial charge in [0, 0.05) is 10.9 Å². The molecule has 7 heteroatoms. The van der Waals surface area contributed by atoms with Gasteiger partial charge < -0.3 is 5.11 Å². The van der Waals surface area contributed by atoms with Gasteiger partial charge in [-0.05, 0) is 11.6 Å². The first-order valence-corrected chi connectivity index (χ1v) is 5.69. The SMILES string of the molecule is O=C(O)Cc1c(CBr)cc(C(F)F)nc1Cl. The number of hydrogen-bond acceptors (Lipinski definition) is 2. The lowest BCUT2D eigenvalue weighted by Crippen LogP contribution is -2.06. The van der Waals surface area contributed by atoms with Crippen molar-refractivity contribution in [2.24, 2.45) is 0 Å². The van der Waals surface area contributed by atoms with E-state index in [4.69, 9.17) is 16.7 Å². The average Bonchev–Trinajstić information content (AvgIpc) is 2.19. The Morgan fingerprint density at radius 3 is 2.69 bits per heavy atom. The zero-order chi connectivity index (χ0) is 12.3. The van der Waals surface area contributed by atoms with Crippen LogP contribution in [-0.4, -0.2) is 16.1 Å². The Bertz CT molecular complexity index is 415. The van der Waals surface area contributed by atoms with Crippen LogP contribution in [0.2, 0.25) is 5.15 Å². The maximum Gasteiger partial charge on any atom is 0.307 e. The number of carboxylic acids is 1. The fraction of sp³-hybridized carbons (Fsp3) is 0.333. The monoisotopic (exact) mass is 313 g/mol. The lowest BCUT2D eigenvalue weighted by molar-refractivity contribution is -0.136. The summed E-state index contributed by atoms with van der Waals surface area (Å²) in [5, 5.41) is 8.70. The van der Waals surface area contributed by atoms with Crippen molar-refractivity contribution in [3.8, 4) is 0 Å². The van der Waals surface area contributed by atoms with Gasteiger partial charge >= 0.3 is 5.97 Å². The van der Waals surface area contributed by atoms with Crippen molar-refractivity contribution in [1.82, 2.24) is 4.98 Å². The second-order valence-electron chi connectivity index (χ2n) is 2.98. The Balaban J connectivity index is 3.22. The molecular weight excluding hydrogens is 307 g/mol. The molecule has 1 aromatic heterocycles. The van der Waals surface area contributed by atoms with E-state index in [1.165, 1.54) is 0 Å². The summed E-state index contributed by atoms with van der Waals surface area (Å²) < 4.78 is 24.8. The summed E-state index contributed by atoms with van der Waals surface area (Å²) >= 11 is 8.76. The molecule has 0 saturated heterocycles. The van der Waals surface area contributed by atoms with Crippen LogP contribution in [0.5, 0.6) is 0 Å². The number of carbonyl (C=O) groups is 1. The van der Waals surface area contributed by atoms with Crippen LogP contribution in [0.25, 0.3) is 0 Å². The third-order valence-corrected chi connectivity index (χ3v) is 2.80. The van der Waals surface area contributed by atoms with Crippen molar-refractivity contribution in [3.63, 3.8) is 0 Å². The largest absolute Gasteiger partial charge is 0.481 e. The maximum absolute atomic E-state index is 12.4. The molecule has 0 unspecified atom stereocenters. The van der Waals surface area contributed by atoms with Crippen LogP contribution in [0.1, 0.15) is 23.2 Å². The molecule has 1 aromatic rings. The molecule has 0 aliphatic heterocycles. The molecule has 0 aliphatic rings. The normalized spacial score (nSPS) is 10.8. The Morgan fingerprint density at radius 2 is 2.25 bits per heavy atom. The second-order valence-corrected chi connectivity index (χ2v) is 3.90. The first-order valence-electron chi connectivity index (χ1n) is 4.19. The Hall–Kier alpha value is -0.750.